The van der Waals surface area contributed by atoms with Crippen molar-refractivity contribution in [3.63, 3.8) is 0 Å². The van der Waals surface area contributed by atoms with Crippen LogP contribution in [0.15, 0.2) is 12.2 Å². The highest BCUT2D eigenvalue weighted by molar-refractivity contribution is 5.92. The second kappa shape index (κ2) is 16.2. The molecule has 54 heavy (non-hydrogen) atoms. The molecule has 1 saturated carbocycles. The monoisotopic (exact) mass is 766 g/mol. The Morgan fingerprint density at radius 2 is 1.30 bits per heavy atom. The largest absolute Gasteiger partial charge is 0.458 e. The first kappa shape index (κ1) is 44.1. The Morgan fingerprint density at radius 1 is 0.759 bits per heavy atom. The van der Waals surface area contributed by atoms with E-state index in [4.69, 9.17) is 33.2 Å². The maximum atomic E-state index is 14.7. The van der Waals surface area contributed by atoms with Gasteiger partial charge in [-0.3, -0.25) is 38.4 Å². The van der Waals surface area contributed by atoms with E-state index in [9.17, 15) is 43.5 Å². The molecule has 1 saturated heterocycles. The Bertz CT molecular complexity index is 1560. The van der Waals surface area contributed by atoms with Crippen molar-refractivity contribution in [3.8, 4) is 0 Å². The van der Waals surface area contributed by atoms with Crippen LogP contribution < -0.4 is 0 Å². The van der Waals surface area contributed by atoms with E-state index in [-0.39, 0.29) is 0 Å². The van der Waals surface area contributed by atoms with Crippen LogP contribution in [-0.2, 0) is 71.5 Å². The number of rotatable bonds is 8. The molecular formula is C38H54O16. The minimum absolute atomic E-state index is 0.499. The van der Waals surface area contributed by atoms with Crippen molar-refractivity contribution in [1.29, 1.82) is 0 Å². The number of carbonyl (C=O) groups excluding carboxylic acids is 8. The first-order valence-electron chi connectivity index (χ1n) is 18.0. The van der Waals surface area contributed by atoms with Crippen LogP contribution in [0, 0.1) is 29.1 Å². The van der Waals surface area contributed by atoms with Crippen LogP contribution in [0.4, 0.5) is 0 Å². The van der Waals surface area contributed by atoms with Crippen LogP contribution in [0.2, 0.25) is 0 Å². The lowest BCUT2D eigenvalue weighted by atomic mass is 9.66. The predicted molar refractivity (Wildman–Crippen MR) is 184 cm³/mol. The van der Waals surface area contributed by atoms with E-state index < -0.39 is 143 Å². The van der Waals surface area contributed by atoms with Gasteiger partial charge in [-0.05, 0) is 6.92 Å². The summed E-state index contributed by atoms with van der Waals surface area (Å²) in [4.78, 5) is 107. The number of ether oxygens (including phenoxy) is 7. The second-order valence-electron chi connectivity index (χ2n) is 16.0. The van der Waals surface area contributed by atoms with Gasteiger partial charge in [-0.2, -0.15) is 0 Å². The topological polar surface area (TPSA) is 221 Å². The van der Waals surface area contributed by atoms with E-state index in [1.807, 2.05) is 0 Å². The minimum Gasteiger partial charge on any atom is -0.458 e. The molecule has 0 radical (unpaired) electrons. The van der Waals surface area contributed by atoms with Gasteiger partial charge in [0.25, 0.3) is 0 Å². The molecule has 0 aromatic carbocycles. The highest BCUT2D eigenvalue weighted by Gasteiger charge is 2.75. The fraction of sp³-hybridized carbons (Fsp3) is 0.737. The number of Topliss-reactive ketones (excluding diaryl/α,β-unsaturated/α-hetero) is 1. The summed E-state index contributed by atoms with van der Waals surface area (Å²) < 4.78 is 41.7. The predicted octanol–water partition coefficient (Wildman–Crippen LogP) is 2.87. The number of ketones is 1. The van der Waals surface area contributed by atoms with E-state index in [0.29, 0.717) is 0 Å². The molecule has 0 unspecified atom stereocenters. The molecule has 10 atom stereocenters. The Morgan fingerprint density at radius 3 is 1.80 bits per heavy atom. The average molecular weight is 767 g/mol. The number of fused-ring (bicyclic) bond motifs is 3. The molecule has 0 amide bonds. The van der Waals surface area contributed by atoms with Crippen molar-refractivity contribution in [2.75, 3.05) is 0 Å². The summed E-state index contributed by atoms with van der Waals surface area (Å²) in [6.07, 6.45) is -7.97. The van der Waals surface area contributed by atoms with E-state index >= 15 is 0 Å². The average Bonchev–Trinajstić information content (AvgIpc) is 3.24. The van der Waals surface area contributed by atoms with Crippen molar-refractivity contribution < 1.29 is 76.6 Å². The molecule has 1 heterocycles. The van der Waals surface area contributed by atoms with Crippen LogP contribution in [0.1, 0.15) is 102 Å². The lowest BCUT2D eigenvalue weighted by Gasteiger charge is -2.53. The fourth-order valence-electron chi connectivity index (χ4n) is 7.71. The zero-order chi connectivity index (χ0) is 41.3. The van der Waals surface area contributed by atoms with Gasteiger partial charge in [0.2, 0.25) is 0 Å². The Labute approximate surface area is 314 Å². The Hall–Kier alpha value is -4.34. The molecule has 302 valence electrons. The normalized spacial score (nSPS) is 34.9. The highest BCUT2D eigenvalue weighted by atomic mass is 16.7. The van der Waals surface area contributed by atoms with Crippen molar-refractivity contribution in [3.05, 3.63) is 12.2 Å². The lowest BCUT2D eigenvalue weighted by Crippen LogP contribution is -2.72. The van der Waals surface area contributed by atoms with Gasteiger partial charge < -0.3 is 38.3 Å². The third-order valence-corrected chi connectivity index (χ3v) is 10.1. The van der Waals surface area contributed by atoms with E-state index in [0.717, 1.165) is 27.7 Å². The number of hydrogen-bond acceptors (Lipinski definition) is 16. The van der Waals surface area contributed by atoms with Crippen LogP contribution in [-0.4, -0.2) is 100.0 Å². The number of allylic oxidation sites excluding steroid dienone is 1. The molecule has 0 bridgehead atoms. The summed E-state index contributed by atoms with van der Waals surface area (Å²) in [7, 11) is 0. The third-order valence-electron chi connectivity index (χ3n) is 10.1. The Kier molecular flexibility index (Phi) is 13.2. The van der Waals surface area contributed by atoms with E-state index in [1.54, 1.807) is 13.8 Å². The Balaban J connectivity index is 2.70. The standard InChI is InChI=1S/C38H54O16/c1-18(2)33(45)52-32-27(48-21(6)39)31(50-23(8)41)35(10,11)15-13-20(5)28(44)37(47)17-36(12,53-24(9)42)29(49-22(7)40)26(37)30-38(32,16-14-25(43)51-30)54-34(46)19(3)4/h13,15,18-20,26-27,29-32,47H,14,16-17H2,1-12H3/t20-,26+,27-,29+,30+,31+,32+,36+,37+,38-/m0/s1. The molecule has 2 aliphatic carbocycles. The molecular weight excluding hydrogens is 712 g/mol. The van der Waals surface area contributed by atoms with Crippen LogP contribution in [0.5, 0.6) is 0 Å². The molecule has 1 N–H and O–H groups in total. The molecule has 16 nitrogen and oxygen atoms in total. The van der Waals surface area contributed by atoms with Gasteiger partial charge in [-0.25, -0.2) is 0 Å². The zero-order valence-corrected chi connectivity index (χ0v) is 33.0. The van der Waals surface area contributed by atoms with Gasteiger partial charge in [-0.15, -0.1) is 0 Å². The first-order chi connectivity index (χ1) is 24.7. The third kappa shape index (κ3) is 8.95. The number of carbonyl (C=O) groups is 8. The fourth-order valence-corrected chi connectivity index (χ4v) is 7.71. The maximum Gasteiger partial charge on any atom is 0.309 e. The summed E-state index contributed by atoms with van der Waals surface area (Å²) in [6, 6.07) is 0. The number of esters is 7. The van der Waals surface area contributed by atoms with Gasteiger partial charge in [0, 0.05) is 58.3 Å². The van der Waals surface area contributed by atoms with Crippen molar-refractivity contribution >= 4 is 47.6 Å². The van der Waals surface area contributed by atoms with Gasteiger partial charge >= 0.3 is 41.8 Å². The molecule has 0 aromatic rings. The highest BCUT2D eigenvalue weighted by Crippen LogP contribution is 2.55. The molecule has 16 heteroatoms. The summed E-state index contributed by atoms with van der Waals surface area (Å²) in [6.45, 7) is 16.2. The van der Waals surface area contributed by atoms with E-state index in [2.05, 4.69) is 0 Å². The SMILES string of the molecule is CC(=O)O[C@H]1[C@@H](OC(C)=O)C(C)(C)C=C[C@H](C)C(=O)[C@@]2(O)C[C@@](C)(OC(C)=O)[C@H](OC(C)=O)[C@@H]2[C@H]2OC(=O)CC[C@@]2(OC(=O)C(C)C)[C@@H]1OC(=O)C(C)C. The molecule has 2 fully saturated rings. The van der Waals surface area contributed by atoms with Gasteiger partial charge in [0.15, 0.2) is 41.9 Å². The smallest absolute Gasteiger partial charge is 0.309 e. The summed E-state index contributed by atoms with van der Waals surface area (Å²) in [5.74, 6) is -12.1. The van der Waals surface area contributed by atoms with Crippen LogP contribution in [0.25, 0.3) is 0 Å². The van der Waals surface area contributed by atoms with Gasteiger partial charge in [-0.1, -0.05) is 60.6 Å². The minimum atomic E-state index is -2.67. The maximum absolute atomic E-state index is 14.7. The summed E-state index contributed by atoms with van der Waals surface area (Å²) >= 11 is 0. The molecule has 3 aliphatic rings. The lowest BCUT2D eigenvalue weighted by molar-refractivity contribution is -0.273. The number of aliphatic hydroxyl groups is 1. The number of hydrogen-bond donors (Lipinski definition) is 1. The summed E-state index contributed by atoms with van der Waals surface area (Å²) in [5.41, 5.74) is -8.48. The van der Waals surface area contributed by atoms with Crippen molar-refractivity contribution in [2.24, 2.45) is 29.1 Å². The van der Waals surface area contributed by atoms with Crippen LogP contribution >= 0.6 is 0 Å². The molecule has 3 rings (SSSR count). The van der Waals surface area contributed by atoms with E-state index in [1.165, 1.54) is 53.7 Å². The zero-order valence-electron chi connectivity index (χ0n) is 33.0. The molecule has 1 aliphatic heterocycles. The first-order valence-corrected chi connectivity index (χ1v) is 18.0. The second-order valence-corrected chi connectivity index (χ2v) is 16.0. The quantitative estimate of drug-likeness (QED) is 0.213. The summed E-state index contributed by atoms with van der Waals surface area (Å²) in [5, 5.41) is 12.9. The molecule has 0 aromatic heterocycles. The molecule has 0 spiro atoms. The van der Waals surface area contributed by atoms with Crippen molar-refractivity contribution in [2.45, 2.75) is 150 Å². The van der Waals surface area contributed by atoms with Crippen LogP contribution in [0.3, 0.4) is 0 Å². The van der Waals surface area contributed by atoms with Crippen molar-refractivity contribution in [1.82, 2.24) is 0 Å². The van der Waals surface area contributed by atoms with Gasteiger partial charge in [0.05, 0.1) is 17.8 Å². The van der Waals surface area contributed by atoms with Gasteiger partial charge in [0.1, 0.15) is 11.2 Å².